The van der Waals surface area contributed by atoms with Gasteiger partial charge >= 0.3 is 5.97 Å². The Kier molecular flexibility index (Phi) is 6.34. The van der Waals surface area contributed by atoms with E-state index in [1.807, 2.05) is 33.8 Å². The molecule has 0 aliphatic rings. The lowest BCUT2D eigenvalue weighted by molar-refractivity contribution is -0.157. The van der Waals surface area contributed by atoms with Crippen molar-refractivity contribution < 1.29 is 9.53 Å². The molecule has 0 saturated carbocycles. The second-order valence-corrected chi connectivity index (χ2v) is 5.19. The highest BCUT2D eigenvalue weighted by molar-refractivity contribution is 5.75. The van der Waals surface area contributed by atoms with Crippen LogP contribution >= 0.6 is 0 Å². The van der Waals surface area contributed by atoms with Crippen LogP contribution in [0.4, 0.5) is 0 Å². The van der Waals surface area contributed by atoms with E-state index in [1.165, 1.54) is 0 Å². The molecule has 0 spiro atoms. The zero-order valence-electron chi connectivity index (χ0n) is 11.2. The fraction of sp³-hybridized carbons (Fsp3) is 0.769. The first-order valence-electron chi connectivity index (χ1n) is 5.86. The van der Waals surface area contributed by atoms with Crippen molar-refractivity contribution in [1.82, 2.24) is 5.32 Å². The highest BCUT2D eigenvalue weighted by atomic mass is 16.6. The number of nitrogens with one attached hydrogen (secondary N) is 1. The maximum absolute atomic E-state index is 11.7. The molecule has 0 rings (SSSR count). The lowest BCUT2D eigenvalue weighted by Gasteiger charge is -2.24. The summed E-state index contributed by atoms with van der Waals surface area (Å²) in [5, 5.41) is 3.21. The van der Waals surface area contributed by atoms with E-state index in [2.05, 4.69) is 18.8 Å². The van der Waals surface area contributed by atoms with Gasteiger partial charge in [0, 0.05) is 6.04 Å². The highest BCUT2D eigenvalue weighted by Gasteiger charge is 2.22. The molecule has 0 radical (unpaired) electrons. The third kappa shape index (κ3) is 7.46. The zero-order chi connectivity index (χ0) is 12.8. The molecule has 2 atom stereocenters. The molecule has 94 valence electrons. The minimum atomic E-state index is -0.419. The molecule has 0 heterocycles. The van der Waals surface area contributed by atoms with Crippen molar-refractivity contribution in [1.29, 1.82) is 0 Å². The van der Waals surface area contributed by atoms with Gasteiger partial charge in [0.25, 0.3) is 0 Å². The Morgan fingerprint density at radius 3 is 2.44 bits per heavy atom. The van der Waals surface area contributed by atoms with Gasteiger partial charge in [0.2, 0.25) is 0 Å². The normalized spacial score (nSPS) is 15.3. The molecule has 0 aliphatic carbocycles. The van der Waals surface area contributed by atoms with Gasteiger partial charge < -0.3 is 10.1 Å². The smallest absolute Gasteiger partial charge is 0.323 e. The van der Waals surface area contributed by atoms with Crippen LogP contribution < -0.4 is 5.32 Å². The van der Waals surface area contributed by atoms with Gasteiger partial charge in [0.1, 0.15) is 11.6 Å². The van der Waals surface area contributed by atoms with Gasteiger partial charge in [-0.3, -0.25) is 4.79 Å². The first kappa shape index (κ1) is 15.2. The molecule has 16 heavy (non-hydrogen) atoms. The Morgan fingerprint density at radius 2 is 2.00 bits per heavy atom. The Labute approximate surface area is 99.3 Å². The van der Waals surface area contributed by atoms with Crippen molar-refractivity contribution in [3.63, 3.8) is 0 Å². The van der Waals surface area contributed by atoms with Crippen molar-refractivity contribution >= 4 is 5.97 Å². The van der Waals surface area contributed by atoms with Gasteiger partial charge in [0.05, 0.1) is 0 Å². The summed E-state index contributed by atoms with van der Waals surface area (Å²) in [5.74, 6) is -0.196. The monoisotopic (exact) mass is 227 g/mol. The molecule has 0 aromatic carbocycles. The second kappa shape index (κ2) is 6.69. The fourth-order valence-electron chi connectivity index (χ4n) is 1.34. The number of hydrogen-bond acceptors (Lipinski definition) is 3. The van der Waals surface area contributed by atoms with E-state index in [1.54, 1.807) is 0 Å². The molecular formula is C13H25NO2. The molecule has 3 heteroatoms. The van der Waals surface area contributed by atoms with Crippen molar-refractivity contribution in [3.05, 3.63) is 12.7 Å². The molecule has 0 aromatic heterocycles. The first-order valence-corrected chi connectivity index (χ1v) is 5.86. The van der Waals surface area contributed by atoms with Gasteiger partial charge in [-0.15, -0.1) is 6.58 Å². The Hall–Kier alpha value is -0.830. The van der Waals surface area contributed by atoms with E-state index < -0.39 is 5.60 Å². The third-order valence-electron chi connectivity index (χ3n) is 2.10. The Morgan fingerprint density at radius 1 is 1.44 bits per heavy atom. The quantitative estimate of drug-likeness (QED) is 0.560. The van der Waals surface area contributed by atoms with Crippen molar-refractivity contribution in [2.75, 3.05) is 0 Å². The van der Waals surface area contributed by atoms with Gasteiger partial charge in [-0.05, 0) is 47.5 Å². The maximum atomic E-state index is 11.7. The lowest BCUT2D eigenvalue weighted by atomic mass is 10.1. The molecule has 1 unspecified atom stereocenters. The number of carbonyl (C=O) groups excluding carboxylic acids is 1. The molecule has 0 fully saturated rings. The topological polar surface area (TPSA) is 38.3 Å². The summed E-state index contributed by atoms with van der Waals surface area (Å²) in [6.45, 7) is 13.2. The van der Waals surface area contributed by atoms with Crippen LogP contribution in [0.25, 0.3) is 0 Å². The standard InChI is InChI=1S/C13H25NO2/c1-7-8-9-10(2)14-11(3)12(15)16-13(4,5)6/h7,10-11,14H,1,8-9H2,2-6H3/t10?,11-/m0/s1. The number of rotatable bonds is 6. The summed E-state index contributed by atoms with van der Waals surface area (Å²) in [4.78, 5) is 11.7. The van der Waals surface area contributed by atoms with Crippen LogP contribution in [0.2, 0.25) is 0 Å². The molecule has 1 N–H and O–H groups in total. The van der Waals surface area contributed by atoms with Gasteiger partial charge in [-0.25, -0.2) is 0 Å². The predicted octanol–water partition coefficient (Wildman–Crippen LogP) is 2.66. The first-order chi connectivity index (χ1) is 7.26. The van der Waals surface area contributed by atoms with E-state index in [4.69, 9.17) is 4.74 Å². The highest BCUT2D eigenvalue weighted by Crippen LogP contribution is 2.09. The Balaban J connectivity index is 4.00. The van der Waals surface area contributed by atoms with Gasteiger partial charge in [-0.1, -0.05) is 6.08 Å². The van der Waals surface area contributed by atoms with Crippen LogP contribution in [-0.2, 0) is 9.53 Å². The number of hydrogen-bond donors (Lipinski definition) is 1. The molecule has 0 bridgehead atoms. The predicted molar refractivity (Wildman–Crippen MR) is 67.3 cm³/mol. The SMILES string of the molecule is C=CCCC(C)N[C@@H](C)C(=O)OC(C)(C)C. The van der Waals surface area contributed by atoms with E-state index in [0.29, 0.717) is 6.04 Å². The number of carbonyl (C=O) groups is 1. The summed E-state index contributed by atoms with van der Waals surface area (Å²) in [5.41, 5.74) is -0.419. The molecular weight excluding hydrogens is 202 g/mol. The minimum Gasteiger partial charge on any atom is -0.459 e. The average molecular weight is 227 g/mol. The van der Waals surface area contributed by atoms with Crippen LogP contribution in [0.5, 0.6) is 0 Å². The maximum Gasteiger partial charge on any atom is 0.323 e. The van der Waals surface area contributed by atoms with Crippen molar-refractivity contribution in [3.8, 4) is 0 Å². The van der Waals surface area contributed by atoms with E-state index in [9.17, 15) is 4.79 Å². The fourth-order valence-corrected chi connectivity index (χ4v) is 1.34. The van der Waals surface area contributed by atoms with Crippen LogP contribution in [-0.4, -0.2) is 23.7 Å². The summed E-state index contributed by atoms with van der Waals surface area (Å²) >= 11 is 0. The average Bonchev–Trinajstić information content (AvgIpc) is 2.11. The molecule has 0 amide bonds. The van der Waals surface area contributed by atoms with E-state index in [0.717, 1.165) is 12.8 Å². The van der Waals surface area contributed by atoms with Gasteiger partial charge in [-0.2, -0.15) is 0 Å². The molecule has 0 aliphatic heterocycles. The van der Waals surface area contributed by atoms with Crippen LogP contribution in [0.3, 0.4) is 0 Å². The second-order valence-electron chi connectivity index (χ2n) is 5.19. The summed E-state index contributed by atoms with van der Waals surface area (Å²) < 4.78 is 5.28. The largest absolute Gasteiger partial charge is 0.459 e. The lowest BCUT2D eigenvalue weighted by Crippen LogP contribution is -2.43. The summed E-state index contributed by atoms with van der Waals surface area (Å²) in [6, 6.07) is 0.0274. The summed E-state index contributed by atoms with van der Waals surface area (Å²) in [6.07, 6.45) is 3.82. The number of ether oxygens (including phenoxy) is 1. The molecule has 3 nitrogen and oxygen atoms in total. The number of allylic oxidation sites excluding steroid dienone is 1. The van der Waals surface area contributed by atoms with Gasteiger partial charge in [0.15, 0.2) is 0 Å². The molecule has 0 aromatic rings. The van der Waals surface area contributed by atoms with Crippen molar-refractivity contribution in [2.24, 2.45) is 0 Å². The van der Waals surface area contributed by atoms with Crippen molar-refractivity contribution in [2.45, 2.75) is 65.1 Å². The summed E-state index contributed by atoms with van der Waals surface area (Å²) in [7, 11) is 0. The Bertz CT molecular complexity index is 231. The number of esters is 1. The zero-order valence-corrected chi connectivity index (χ0v) is 11.2. The van der Waals surface area contributed by atoms with Crippen LogP contribution in [0.15, 0.2) is 12.7 Å². The van der Waals surface area contributed by atoms with E-state index in [-0.39, 0.29) is 12.0 Å². The van der Waals surface area contributed by atoms with Crippen LogP contribution in [0.1, 0.15) is 47.5 Å². The minimum absolute atomic E-state index is 0.196. The molecule has 0 saturated heterocycles. The van der Waals surface area contributed by atoms with Crippen LogP contribution in [0, 0.1) is 0 Å². The van der Waals surface area contributed by atoms with E-state index >= 15 is 0 Å². The third-order valence-corrected chi connectivity index (χ3v) is 2.10.